The highest BCUT2D eigenvalue weighted by Crippen LogP contribution is 2.28. The van der Waals surface area contributed by atoms with Gasteiger partial charge in [0.2, 0.25) is 0 Å². The first-order valence-corrected chi connectivity index (χ1v) is 7.82. The van der Waals surface area contributed by atoms with Crippen LogP contribution < -0.4 is 5.56 Å². The molecule has 1 aliphatic rings. The summed E-state index contributed by atoms with van der Waals surface area (Å²) in [5.41, 5.74) is 2.01. The summed E-state index contributed by atoms with van der Waals surface area (Å²) in [6.07, 6.45) is 0.328. The molecule has 0 fully saturated rings. The molecule has 21 heavy (non-hydrogen) atoms. The van der Waals surface area contributed by atoms with Gasteiger partial charge in [0.05, 0.1) is 16.8 Å². The Bertz CT molecular complexity index is 754. The standard InChI is InChI=1S/C15H18N2O3S/c1-15(2,3)20-14(19)17-6-4-9-10(8-17)13(18)16-11-5-7-21-12(9)11/h5,7H,4,6,8H2,1-3H3,(H,16,18). The van der Waals surface area contributed by atoms with Gasteiger partial charge in [-0.15, -0.1) is 11.3 Å². The van der Waals surface area contributed by atoms with Gasteiger partial charge in [0, 0.05) is 12.1 Å². The normalized spacial score (nSPS) is 15.1. The van der Waals surface area contributed by atoms with Crippen molar-refractivity contribution in [3.05, 3.63) is 32.9 Å². The monoisotopic (exact) mass is 306 g/mol. The van der Waals surface area contributed by atoms with Crippen LogP contribution in [0.15, 0.2) is 16.2 Å². The van der Waals surface area contributed by atoms with Crippen LogP contribution in [0.4, 0.5) is 4.79 Å². The van der Waals surface area contributed by atoms with Crippen LogP contribution in [0.3, 0.4) is 0 Å². The number of hydrogen-bond donors (Lipinski definition) is 1. The summed E-state index contributed by atoms with van der Waals surface area (Å²) >= 11 is 1.63. The Morgan fingerprint density at radius 3 is 2.86 bits per heavy atom. The number of carbonyl (C=O) groups is 1. The molecular weight excluding hydrogens is 288 g/mol. The number of amides is 1. The molecule has 2 aromatic heterocycles. The van der Waals surface area contributed by atoms with Crippen molar-refractivity contribution in [2.75, 3.05) is 6.54 Å². The number of aromatic nitrogens is 1. The third-order valence-corrected chi connectivity index (χ3v) is 4.43. The van der Waals surface area contributed by atoms with E-state index in [9.17, 15) is 9.59 Å². The molecule has 0 atom stereocenters. The molecule has 112 valence electrons. The number of ether oxygens (including phenoxy) is 1. The molecule has 1 amide bonds. The van der Waals surface area contributed by atoms with E-state index < -0.39 is 5.60 Å². The van der Waals surface area contributed by atoms with Crippen LogP contribution in [0.2, 0.25) is 0 Å². The maximum atomic E-state index is 12.2. The van der Waals surface area contributed by atoms with E-state index in [4.69, 9.17) is 4.74 Å². The Hall–Kier alpha value is -1.82. The molecule has 0 radical (unpaired) electrons. The predicted molar refractivity (Wildman–Crippen MR) is 82.8 cm³/mol. The number of hydrogen-bond acceptors (Lipinski definition) is 4. The number of carbonyl (C=O) groups excluding carboxylic acids is 1. The van der Waals surface area contributed by atoms with Crippen molar-refractivity contribution in [1.82, 2.24) is 9.88 Å². The van der Waals surface area contributed by atoms with Gasteiger partial charge >= 0.3 is 6.09 Å². The van der Waals surface area contributed by atoms with E-state index in [2.05, 4.69) is 4.98 Å². The second-order valence-electron chi connectivity index (χ2n) is 6.23. The number of H-pyrrole nitrogens is 1. The van der Waals surface area contributed by atoms with E-state index in [0.29, 0.717) is 25.1 Å². The van der Waals surface area contributed by atoms with Gasteiger partial charge in [-0.3, -0.25) is 4.79 Å². The van der Waals surface area contributed by atoms with Gasteiger partial charge in [-0.25, -0.2) is 4.79 Å². The summed E-state index contributed by atoms with van der Waals surface area (Å²) in [6.45, 7) is 6.41. The van der Waals surface area contributed by atoms with Crippen LogP contribution in [-0.4, -0.2) is 28.1 Å². The molecule has 0 saturated heterocycles. The maximum absolute atomic E-state index is 12.2. The van der Waals surface area contributed by atoms with Crippen molar-refractivity contribution in [2.45, 2.75) is 39.3 Å². The number of fused-ring (bicyclic) bond motifs is 3. The molecular formula is C15H18N2O3S. The topological polar surface area (TPSA) is 62.4 Å². The van der Waals surface area contributed by atoms with Crippen LogP contribution in [0.1, 0.15) is 31.9 Å². The Kier molecular flexibility index (Phi) is 3.28. The lowest BCUT2D eigenvalue weighted by Gasteiger charge is -2.30. The van der Waals surface area contributed by atoms with Crippen LogP contribution in [0.5, 0.6) is 0 Å². The van der Waals surface area contributed by atoms with Gasteiger partial charge in [-0.05, 0) is 44.2 Å². The first-order chi connectivity index (χ1) is 9.85. The first kappa shape index (κ1) is 14.1. The Morgan fingerprint density at radius 2 is 2.14 bits per heavy atom. The highest BCUT2D eigenvalue weighted by Gasteiger charge is 2.28. The van der Waals surface area contributed by atoms with E-state index in [0.717, 1.165) is 15.8 Å². The molecule has 0 bridgehead atoms. The summed E-state index contributed by atoms with van der Waals surface area (Å²) in [7, 11) is 0. The lowest BCUT2D eigenvalue weighted by atomic mass is 10.0. The smallest absolute Gasteiger partial charge is 0.410 e. The number of thiophene rings is 1. The Morgan fingerprint density at radius 1 is 1.38 bits per heavy atom. The number of aromatic amines is 1. The molecule has 0 spiro atoms. The summed E-state index contributed by atoms with van der Waals surface area (Å²) in [6, 6.07) is 1.92. The molecule has 3 heterocycles. The van der Waals surface area contributed by atoms with E-state index in [-0.39, 0.29) is 11.7 Å². The van der Waals surface area contributed by atoms with Gasteiger partial charge in [-0.2, -0.15) is 0 Å². The SMILES string of the molecule is CC(C)(C)OC(=O)N1CCc2c(c(=O)[nH]c3ccsc23)C1. The fourth-order valence-electron chi connectivity index (χ4n) is 2.54. The molecule has 0 unspecified atom stereocenters. The van der Waals surface area contributed by atoms with Crippen molar-refractivity contribution in [2.24, 2.45) is 0 Å². The summed E-state index contributed by atoms with van der Waals surface area (Å²) in [5.74, 6) is 0. The number of nitrogens with zero attached hydrogens (tertiary/aromatic N) is 1. The fourth-order valence-corrected chi connectivity index (χ4v) is 3.50. The van der Waals surface area contributed by atoms with Crippen molar-refractivity contribution < 1.29 is 9.53 Å². The zero-order chi connectivity index (χ0) is 15.2. The first-order valence-electron chi connectivity index (χ1n) is 6.94. The lowest BCUT2D eigenvalue weighted by molar-refractivity contribution is 0.0223. The average Bonchev–Trinajstić information content (AvgIpc) is 2.84. The van der Waals surface area contributed by atoms with Crippen molar-refractivity contribution >= 4 is 27.6 Å². The minimum Gasteiger partial charge on any atom is -0.444 e. The minimum atomic E-state index is -0.526. The Balaban J connectivity index is 1.92. The third-order valence-electron chi connectivity index (χ3n) is 3.46. The predicted octanol–water partition coefficient (Wildman–Crippen LogP) is 2.88. The zero-order valence-corrected chi connectivity index (χ0v) is 13.2. The largest absolute Gasteiger partial charge is 0.444 e. The quantitative estimate of drug-likeness (QED) is 0.814. The summed E-state index contributed by atoms with van der Waals surface area (Å²) < 4.78 is 6.50. The number of pyridine rings is 1. The molecule has 0 aliphatic carbocycles. The molecule has 1 N–H and O–H groups in total. The average molecular weight is 306 g/mol. The number of rotatable bonds is 0. The summed E-state index contributed by atoms with van der Waals surface area (Å²) in [4.78, 5) is 28.8. The highest BCUT2D eigenvalue weighted by atomic mass is 32.1. The van der Waals surface area contributed by atoms with Crippen LogP contribution in [0, 0.1) is 0 Å². The van der Waals surface area contributed by atoms with Gasteiger partial charge in [-0.1, -0.05) is 0 Å². The summed E-state index contributed by atoms with van der Waals surface area (Å²) in [5, 5.41) is 1.97. The molecule has 6 heteroatoms. The maximum Gasteiger partial charge on any atom is 0.410 e. The van der Waals surface area contributed by atoms with Crippen molar-refractivity contribution in [1.29, 1.82) is 0 Å². The molecule has 0 saturated carbocycles. The molecule has 0 aromatic carbocycles. The molecule has 5 nitrogen and oxygen atoms in total. The highest BCUT2D eigenvalue weighted by molar-refractivity contribution is 7.17. The molecule has 1 aliphatic heterocycles. The Labute approximate surface area is 126 Å². The second kappa shape index (κ2) is 4.87. The lowest BCUT2D eigenvalue weighted by Crippen LogP contribution is -2.41. The fraction of sp³-hybridized carbons (Fsp3) is 0.467. The van der Waals surface area contributed by atoms with Gasteiger partial charge in [0.15, 0.2) is 0 Å². The van der Waals surface area contributed by atoms with E-state index >= 15 is 0 Å². The van der Waals surface area contributed by atoms with Crippen LogP contribution in [0.25, 0.3) is 10.2 Å². The van der Waals surface area contributed by atoms with Crippen LogP contribution >= 0.6 is 11.3 Å². The van der Waals surface area contributed by atoms with E-state index in [1.54, 1.807) is 16.2 Å². The minimum absolute atomic E-state index is 0.107. The van der Waals surface area contributed by atoms with E-state index in [1.165, 1.54) is 0 Å². The molecule has 2 aromatic rings. The second-order valence-corrected chi connectivity index (χ2v) is 7.14. The van der Waals surface area contributed by atoms with E-state index in [1.807, 2.05) is 32.2 Å². The number of nitrogens with one attached hydrogen (secondary N) is 1. The van der Waals surface area contributed by atoms with Crippen molar-refractivity contribution in [3.8, 4) is 0 Å². The van der Waals surface area contributed by atoms with Gasteiger partial charge in [0.25, 0.3) is 5.56 Å². The van der Waals surface area contributed by atoms with Gasteiger partial charge in [0.1, 0.15) is 5.60 Å². The van der Waals surface area contributed by atoms with Crippen molar-refractivity contribution in [3.63, 3.8) is 0 Å². The molecule has 3 rings (SSSR count). The van der Waals surface area contributed by atoms with Crippen LogP contribution in [-0.2, 0) is 17.7 Å². The van der Waals surface area contributed by atoms with Gasteiger partial charge < -0.3 is 14.6 Å². The third kappa shape index (κ3) is 2.68. The zero-order valence-electron chi connectivity index (χ0n) is 12.4.